The van der Waals surface area contributed by atoms with Gasteiger partial charge in [-0.3, -0.25) is 4.79 Å². The third-order valence-electron chi connectivity index (χ3n) is 3.54. The van der Waals surface area contributed by atoms with Crippen LogP contribution in [0, 0.1) is 13.8 Å². The number of methoxy groups -OCH3 is 1. The van der Waals surface area contributed by atoms with Crippen molar-refractivity contribution in [2.45, 2.75) is 13.8 Å². The molecule has 0 radical (unpaired) electrons. The molecule has 0 saturated carbocycles. The average molecular weight is 341 g/mol. The summed E-state index contributed by atoms with van der Waals surface area (Å²) in [7, 11) is 1.29. The Labute approximate surface area is 145 Å². The fourth-order valence-electron chi connectivity index (χ4n) is 2.17. The maximum absolute atomic E-state index is 12.1. The molecule has 0 fully saturated rings. The maximum Gasteiger partial charge on any atom is 0.338 e. The van der Waals surface area contributed by atoms with Crippen LogP contribution in [0.3, 0.4) is 0 Å². The van der Waals surface area contributed by atoms with Crippen molar-refractivity contribution in [3.63, 3.8) is 0 Å². The lowest BCUT2D eigenvalue weighted by molar-refractivity contribution is -0.119. The zero-order valence-corrected chi connectivity index (χ0v) is 14.3. The molecule has 2 aromatic carbocycles. The fourth-order valence-corrected chi connectivity index (χ4v) is 2.17. The molecule has 0 atom stereocenters. The fraction of sp³-hybridized carbons (Fsp3) is 0.211. The van der Waals surface area contributed by atoms with Crippen LogP contribution in [0.4, 0.5) is 5.69 Å². The number of amides is 1. The number of hydrogen-bond acceptors (Lipinski definition) is 5. The van der Waals surface area contributed by atoms with E-state index < -0.39 is 24.5 Å². The van der Waals surface area contributed by atoms with Gasteiger partial charge in [0, 0.05) is 5.69 Å². The lowest BCUT2D eigenvalue weighted by Crippen LogP contribution is -2.21. The Kier molecular flexibility index (Phi) is 5.89. The highest BCUT2D eigenvalue weighted by atomic mass is 16.5. The van der Waals surface area contributed by atoms with Crippen molar-refractivity contribution in [2.24, 2.45) is 0 Å². The van der Waals surface area contributed by atoms with Gasteiger partial charge in [-0.1, -0.05) is 17.7 Å². The van der Waals surface area contributed by atoms with Crippen LogP contribution in [0.2, 0.25) is 0 Å². The number of ether oxygens (including phenoxy) is 2. The van der Waals surface area contributed by atoms with Crippen molar-refractivity contribution in [3.8, 4) is 0 Å². The van der Waals surface area contributed by atoms with Crippen LogP contribution in [-0.2, 0) is 14.3 Å². The molecule has 0 bridgehead atoms. The number of carbonyl (C=O) groups excluding carboxylic acids is 3. The number of hydrogen-bond donors (Lipinski definition) is 1. The van der Waals surface area contributed by atoms with Gasteiger partial charge in [0.25, 0.3) is 5.91 Å². The molecular formula is C19H19NO5. The molecule has 130 valence electrons. The van der Waals surface area contributed by atoms with Crippen LogP contribution in [0.25, 0.3) is 0 Å². The van der Waals surface area contributed by atoms with Crippen molar-refractivity contribution in [1.82, 2.24) is 0 Å². The summed E-state index contributed by atoms with van der Waals surface area (Å²) in [6.07, 6.45) is 0. The van der Waals surface area contributed by atoms with E-state index in [1.165, 1.54) is 19.2 Å². The summed E-state index contributed by atoms with van der Waals surface area (Å²) in [5, 5.41) is 2.59. The largest absolute Gasteiger partial charge is 0.465 e. The van der Waals surface area contributed by atoms with Crippen LogP contribution in [-0.4, -0.2) is 31.6 Å². The number of carbonyl (C=O) groups is 3. The van der Waals surface area contributed by atoms with E-state index in [9.17, 15) is 14.4 Å². The average Bonchev–Trinajstić information content (AvgIpc) is 2.61. The van der Waals surface area contributed by atoms with E-state index in [0.717, 1.165) is 11.1 Å². The Balaban J connectivity index is 1.91. The van der Waals surface area contributed by atoms with Gasteiger partial charge in [-0.05, 0) is 49.7 Å². The maximum atomic E-state index is 12.1. The van der Waals surface area contributed by atoms with Crippen molar-refractivity contribution in [1.29, 1.82) is 0 Å². The number of benzene rings is 2. The standard InChI is InChI=1S/C19H19NO5/c1-12-4-5-13(2)16(10-12)19(23)25-11-17(21)20-15-8-6-14(7-9-15)18(22)24-3/h4-10H,11H2,1-3H3,(H,20,21). The highest BCUT2D eigenvalue weighted by Crippen LogP contribution is 2.13. The van der Waals surface area contributed by atoms with Gasteiger partial charge in [-0.25, -0.2) is 9.59 Å². The zero-order chi connectivity index (χ0) is 18.4. The molecule has 0 saturated heterocycles. The van der Waals surface area contributed by atoms with Gasteiger partial charge in [-0.2, -0.15) is 0 Å². The van der Waals surface area contributed by atoms with Gasteiger partial charge in [-0.15, -0.1) is 0 Å². The summed E-state index contributed by atoms with van der Waals surface area (Å²) in [4.78, 5) is 35.3. The molecule has 1 N–H and O–H groups in total. The van der Waals surface area contributed by atoms with Gasteiger partial charge in [0.05, 0.1) is 18.2 Å². The first-order valence-electron chi connectivity index (χ1n) is 7.63. The Bertz CT molecular complexity index is 796. The second-order valence-corrected chi connectivity index (χ2v) is 5.51. The number of esters is 2. The highest BCUT2D eigenvalue weighted by molar-refractivity contribution is 5.96. The predicted octanol–water partition coefficient (Wildman–Crippen LogP) is 2.89. The molecule has 2 rings (SSSR count). The summed E-state index contributed by atoms with van der Waals surface area (Å²) in [6.45, 7) is 3.28. The summed E-state index contributed by atoms with van der Waals surface area (Å²) in [5.74, 6) is -1.47. The van der Waals surface area contributed by atoms with E-state index >= 15 is 0 Å². The van der Waals surface area contributed by atoms with Crippen molar-refractivity contribution >= 4 is 23.5 Å². The van der Waals surface area contributed by atoms with Gasteiger partial charge < -0.3 is 14.8 Å². The van der Waals surface area contributed by atoms with E-state index in [-0.39, 0.29) is 0 Å². The van der Waals surface area contributed by atoms with E-state index in [2.05, 4.69) is 10.1 Å². The first-order chi connectivity index (χ1) is 11.9. The molecule has 0 aliphatic rings. The van der Waals surface area contributed by atoms with Crippen molar-refractivity contribution in [2.75, 3.05) is 19.0 Å². The molecule has 0 aliphatic carbocycles. The zero-order valence-electron chi connectivity index (χ0n) is 14.3. The molecule has 0 heterocycles. The Morgan fingerprint density at radius 2 is 1.64 bits per heavy atom. The van der Waals surface area contributed by atoms with Gasteiger partial charge in [0.2, 0.25) is 0 Å². The number of aryl methyl sites for hydroxylation is 2. The first-order valence-corrected chi connectivity index (χ1v) is 7.63. The summed E-state index contributed by atoms with van der Waals surface area (Å²) in [5.41, 5.74) is 3.03. The molecule has 0 aliphatic heterocycles. The van der Waals surface area contributed by atoms with E-state index in [4.69, 9.17) is 4.74 Å². The first kappa shape index (κ1) is 18.2. The minimum atomic E-state index is -0.544. The Morgan fingerprint density at radius 1 is 0.960 bits per heavy atom. The third-order valence-corrected chi connectivity index (χ3v) is 3.54. The molecule has 25 heavy (non-hydrogen) atoms. The number of anilines is 1. The summed E-state index contributed by atoms with van der Waals surface area (Å²) in [6, 6.07) is 11.6. The number of nitrogens with one attached hydrogen (secondary N) is 1. The summed E-state index contributed by atoms with van der Waals surface area (Å²) >= 11 is 0. The molecule has 0 unspecified atom stereocenters. The van der Waals surface area contributed by atoms with Crippen LogP contribution in [0.15, 0.2) is 42.5 Å². The smallest absolute Gasteiger partial charge is 0.338 e. The third kappa shape index (κ3) is 4.91. The van der Waals surface area contributed by atoms with Crippen LogP contribution < -0.4 is 5.32 Å². The lowest BCUT2D eigenvalue weighted by Gasteiger charge is -2.09. The van der Waals surface area contributed by atoms with Crippen LogP contribution >= 0.6 is 0 Å². The SMILES string of the molecule is COC(=O)c1ccc(NC(=O)COC(=O)c2cc(C)ccc2C)cc1. The molecule has 1 amide bonds. The lowest BCUT2D eigenvalue weighted by atomic mass is 10.1. The van der Waals surface area contributed by atoms with Crippen molar-refractivity contribution in [3.05, 3.63) is 64.7 Å². The predicted molar refractivity (Wildman–Crippen MR) is 92.6 cm³/mol. The quantitative estimate of drug-likeness (QED) is 0.846. The molecule has 2 aromatic rings. The number of rotatable bonds is 5. The molecule has 0 spiro atoms. The second-order valence-electron chi connectivity index (χ2n) is 5.51. The normalized spacial score (nSPS) is 10.0. The van der Waals surface area contributed by atoms with Gasteiger partial charge in [0.15, 0.2) is 6.61 Å². The van der Waals surface area contributed by atoms with E-state index in [1.807, 2.05) is 19.1 Å². The highest BCUT2D eigenvalue weighted by Gasteiger charge is 2.13. The minimum Gasteiger partial charge on any atom is -0.465 e. The second kappa shape index (κ2) is 8.10. The Morgan fingerprint density at radius 3 is 2.28 bits per heavy atom. The van der Waals surface area contributed by atoms with E-state index in [1.54, 1.807) is 25.1 Å². The molecule has 0 aromatic heterocycles. The summed E-state index contributed by atoms with van der Waals surface area (Å²) < 4.78 is 9.65. The van der Waals surface area contributed by atoms with Crippen LogP contribution in [0.5, 0.6) is 0 Å². The van der Waals surface area contributed by atoms with Gasteiger partial charge >= 0.3 is 11.9 Å². The Hall–Kier alpha value is -3.15. The molecule has 6 heteroatoms. The monoisotopic (exact) mass is 341 g/mol. The molecular weight excluding hydrogens is 322 g/mol. The van der Waals surface area contributed by atoms with Gasteiger partial charge in [0.1, 0.15) is 0 Å². The molecule has 6 nitrogen and oxygen atoms in total. The van der Waals surface area contributed by atoms with Crippen molar-refractivity contribution < 1.29 is 23.9 Å². The van der Waals surface area contributed by atoms with Crippen LogP contribution in [0.1, 0.15) is 31.8 Å². The minimum absolute atomic E-state index is 0.377. The van der Waals surface area contributed by atoms with E-state index in [0.29, 0.717) is 16.8 Å². The topological polar surface area (TPSA) is 81.7 Å².